The minimum Gasteiger partial charge on any atom is -0.497 e. The first-order valence-electron chi connectivity index (χ1n) is 8.25. The number of benzene rings is 1. The molecule has 2 fully saturated rings. The molecule has 1 aromatic rings. The van der Waals surface area contributed by atoms with Gasteiger partial charge in [0, 0.05) is 19.1 Å². The average Bonchev–Trinajstić information content (AvgIpc) is 3.11. The van der Waals surface area contributed by atoms with Gasteiger partial charge in [0.25, 0.3) is 0 Å². The summed E-state index contributed by atoms with van der Waals surface area (Å²) in [6, 6.07) is 8.67. The first-order valence-corrected chi connectivity index (χ1v) is 8.25. The molecule has 3 rings (SSSR count). The Kier molecular flexibility index (Phi) is 4.51. The second-order valence-corrected chi connectivity index (χ2v) is 6.90. The molecule has 0 aromatic heterocycles. The van der Waals surface area contributed by atoms with E-state index in [-0.39, 0.29) is 0 Å². The van der Waals surface area contributed by atoms with Gasteiger partial charge in [-0.05, 0) is 61.8 Å². The molecule has 116 valence electrons. The first kappa shape index (κ1) is 14.9. The zero-order valence-corrected chi connectivity index (χ0v) is 13.3. The van der Waals surface area contributed by atoms with Gasteiger partial charge in [-0.1, -0.05) is 18.6 Å². The highest BCUT2D eigenvalue weighted by atomic mass is 16.5. The van der Waals surface area contributed by atoms with Crippen LogP contribution in [-0.2, 0) is 0 Å². The van der Waals surface area contributed by atoms with E-state index in [1.807, 2.05) is 12.1 Å². The van der Waals surface area contributed by atoms with Crippen molar-refractivity contribution >= 4 is 0 Å². The Balaban J connectivity index is 1.64. The minimum absolute atomic E-state index is 0.315. The lowest BCUT2D eigenvalue weighted by Crippen LogP contribution is -2.35. The van der Waals surface area contributed by atoms with Crippen LogP contribution in [0.1, 0.15) is 37.3 Å². The number of ether oxygens (including phenoxy) is 1. The van der Waals surface area contributed by atoms with Crippen LogP contribution in [0.3, 0.4) is 0 Å². The Morgan fingerprint density at radius 1 is 1.24 bits per heavy atom. The lowest BCUT2D eigenvalue weighted by Gasteiger charge is -2.32. The molecule has 0 spiro atoms. The molecule has 21 heavy (non-hydrogen) atoms. The van der Waals surface area contributed by atoms with Crippen molar-refractivity contribution in [3.63, 3.8) is 0 Å². The molecule has 0 amide bonds. The third-order valence-corrected chi connectivity index (χ3v) is 5.66. The molecule has 2 saturated carbocycles. The minimum atomic E-state index is 0.315. The van der Waals surface area contributed by atoms with Crippen molar-refractivity contribution in [1.29, 1.82) is 0 Å². The molecule has 2 bridgehead atoms. The predicted octanol–water partition coefficient (Wildman–Crippen LogP) is 3.06. The number of hydrogen-bond acceptors (Lipinski definition) is 3. The highest BCUT2D eigenvalue weighted by molar-refractivity contribution is 5.29. The SMILES string of the molecule is COc1ccc(C(CN)N(C)CC2CC3CCC2C3)cc1. The maximum atomic E-state index is 6.05. The van der Waals surface area contributed by atoms with Crippen molar-refractivity contribution in [2.75, 3.05) is 27.2 Å². The van der Waals surface area contributed by atoms with Gasteiger partial charge in [-0.3, -0.25) is 4.90 Å². The van der Waals surface area contributed by atoms with Crippen LogP contribution in [0.25, 0.3) is 0 Å². The Morgan fingerprint density at radius 3 is 2.52 bits per heavy atom. The lowest BCUT2D eigenvalue weighted by molar-refractivity contribution is 0.176. The van der Waals surface area contributed by atoms with E-state index in [0.29, 0.717) is 12.6 Å². The number of hydrogen-bond donors (Lipinski definition) is 1. The van der Waals surface area contributed by atoms with E-state index in [2.05, 4.69) is 24.1 Å². The van der Waals surface area contributed by atoms with E-state index in [0.717, 1.165) is 23.5 Å². The molecule has 4 atom stereocenters. The summed E-state index contributed by atoms with van der Waals surface area (Å²) in [4.78, 5) is 2.47. The molecule has 0 radical (unpaired) electrons. The van der Waals surface area contributed by atoms with E-state index in [9.17, 15) is 0 Å². The Labute approximate surface area is 128 Å². The van der Waals surface area contributed by atoms with Crippen LogP contribution in [-0.4, -0.2) is 32.1 Å². The highest BCUT2D eigenvalue weighted by Crippen LogP contribution is 2.48. The topological polar surface area (TPSA) is 38.5 Å². The molecule has 3 heteroatoms. The van der Waals surface area contributed by atoms with E-state index >= 15 is 0 Å². The summed E-state index contributed by atoms with van der Waals surface area (Å²) in [7, 11) is 3.93. The van der Waals surface area contributed by atoms with Gasteiger partial charge in [0.05, 0.1) is 7.11 Å². The second-order valence-electron chi connectivity index (χ2n) is 6.90. The standard InChI is InChI=1S/C18H28N2O/c1-20(12-16-10-13-3-4-15(16)9-13)18(11-19)14-5-7-17(21-2)8-6-14/h5-8,13,15-16,18H,3-4,9-12,19H2,1-2H3. The van der Waals surface area contributed by atoms with Crippen molar-refractivity contribution in [2.24, 2.45) is 23.5 Å². The normalized spacial score (nSPS) is 29.0. The molecule has 2 aliphatic rings. The van der Waals surface area contributed by atoms with Crippen LogP contribution in [0.5, 0.6) is 5.75 Å². The molecule has 0 heterocycles. The highest BCUT2D eigenvalue weighted by Gasteiger charge is 2.40. The molecular weight excluding hydrogens is 260 g/mol. The Hall–Kier alpha value is -1.06. The van der Waals surface area contributed by atoms with Crippen LogP contribution in [0.4, 0.5) is 0 Å². The maximum Gasteiger partial charge on any atom is 0.118 e. The summed E-state index contributed by atoms with van der Waals surface area (Å²) in [5.41, 5.74) is 7.35. The van der Waals surface area contributed by atoms with Crippen LogP contribution >= 0.6 is 0 Å². The number of nitrogens with zero attached hydrogens (tertiary/aromatic N) is 1. The largest absolute Gasteiger partial charge is 0.497 e. The smallest absolute Gasteiger partial charge is 0.118 e. The monoisotopic (exact) mass is 288 g/mol. The third kappa shape index (κ3) is 3.09. The van der Waals surface area contributed by atoms with E-state index in [1.165, 1.54) is 37.8 Å². The number of rotatable bonds is 6. The zero-order valence-electron chi connectivity index (χ0n) is 13.3. The van der Waals surface area contributed by atoms with Crippen molar-refractivity contribution in [3.8, 4) is 5.75 Å². The van der Waals surface area contributed by atoms with Crippen LogP contribution in [0.2, 0.25) is 0 Å². The fourth-order valence-corrected chi connectivity index (χ4v) is 4.49. The third-order valence-electron chi connectivity index (χ3n) is 5.66. The fourth-order valence-electron chi connectivity index (χ4n) is 4.49. The van der Waals surface area contributed by atoms with Crippen molar-refractivity contribution in [1.82, 2.24) is 4.90 Å². The summed E-state index contributed by atoms with van der Waals surface area (Å²) >= 11 is 0. The van der Waals surface area contributed by atoms with Gasteiger partial charge in [-0.15, -0.1) is 0 Å². The molecule has 3 nitrogen and oxygen atoms in total. The van der Waals surface area contributed by atoms with Gasteiger partial charge in [0.15, 0.2) is 0 Å². The summed E-state index contributed by atoms with van der Waals surface area (Å²) in [6.07, 6.45) is 5.85. The molecule has 4 unspecified atom stereocenters. The quantitative estimate of drug-likeness (QED) is 0.874. The van der Waals surface area contributed by atoms with Crippen molar-refractivity contribution < 1.29 is 4.74 Å². The van der Waals surface area contributed by atoms with Gasteiger partial charge < -0.3 is 10.5 Å². The zero-order chi connectivity index (χ0) is 14.8. The number of methoxy groups -OCH3 is 1. The summed E-state index contributed by atoms with van der Waals surface area (Å²) in [5.74, 6) is 3.80. The second kappa shape index (κ2) is 6.37. The average molecular weight is 288 g/mol. The van der Waals surface area contributed by atoms with Gasteiger partial charge in [0.2, 0.25) is 0 Å². The van der Waals surface area contributed by atoms with Gasteiger partial charge in [-0.25, -0.2) is 0 Å². The molecule has 1 aromatic carbocycles. The van der Waals surface area contributed by atoms with Crippen LogP contribution < -0.4 is 10.5 Å². The molecule has 2 N–H and O–H groups in total. The summed E-state index contributed by atoms with van der Waals surface area (Å²) < 4.78 is 5.24. The van der Waals surface area contributed by atoms with Crippen LogP contribution in [0, 0.1) is 17.8 Å². The lowest BCUT2D eigenvalue weighted by atomic mass is 9.88. The van der Waals surface area contributed by atoms with E-state index in [1.54, 1.807) is 7.11 Å². The van der Waals surface area contributed by atoms with Gasteiger partial charge >= 0.3 is 0 Å². The number of fused-ring (bicyclic) bond motifs is 2. The van der Waals surface area contributed by atoms with Crippen LogP contribution in [0.15, 0.2) is 24.3 Å². The molecule has 0 saturated heterocycles. The fraction of sp³-hybridized carbons (Fsp3) is 0.667. The van der Waals surface area contributed by atoms with Gasteiger partial charge in [0.1, 0.15) is 5.75 Å². The number of nitrogens with two attached hydrogens (primary N) is 1. The summed E-state index contributed by atoms with van der Waals surface area (Å²) in [5, 5.41) is 0. The van der Waals surface area contributed by atoms with Gasteiger partial charge in [-0.2, -0.15) is 0 Å². The summed E-state index contributed by atoms with van der Waals surface area (Å²) in [6.45, 7) is 1.86. The van der Waals surface area contributed by atoms with Crippen molar-refractivity contribution in [2.45, 2.75) is 31.7 Å². The molecule has 2 aliphatic carbocycles. The van der Waals surface area contributed by atoms with E-state index in [4.69, 9.17) is 10.5 Å². The maximum absolute atomic E-state index is 6.05. The number of likely N-dealkylation sites (N-methyl/N-ethyl adjacent to an activating group) is 1. The van der Waals surface area contributed by atoms with E-state index < -0.39 is 0 Å². The molecular formula is C18H28N2O. The molecule has 0 aliphatic heterocycles. The first-order chi connectivity index (χ1) is 10.2. The Morgan fingerprint density at radius 2 is 2.00 bits per heavy atom. The Bertz CT molecular complexity index is 459. The predicted molar refractivity (Wildman–Crippen MR) is 86.4 cm³/mol. The van der Waals surface area contributed by atoms with Crippen molar-refractivity contribution in [3.05, 3.63) is 29.8 Å².